The number of nitrogens with zero attached hydrogens (tertiary/aromatic N) is 1. The zero-order valence-electron chi connectivity index (χ0n) is 12.1. The van der Waals surface area contributed by atoms with Gasteiger partial charge in [0.25, 0.3) is 0 Å². The fourth-order valence-corrected chi connectivity index (χ4v) is 3.05. The average Bonchev–Trinajstić information content (AvgIpc) is 2.99. The smallest absolute Gasteiger partial charge is 0.348 e. The number of benzene rings is 1. The number of nitrogens with one attached hydrogen (secondary N) is 2. The molecule has 0 aliphatic heterocycles. The molecule has 1 aromatic carbocycles. The Balaban J connectivity index is 1.84. The second-order valence-corrected chi connectivity index (χ2v) is 6.72. The molecule has 0 atom stereocenters. The molecule has 0 unspecified atom stereocenters. The van der Waals surface area contributed by atoms with Gasteiger partial charge in [0.1, 0.15) is 0 Å². The van der Waals surface area contributed by atoms with E-state index in [9.17, 15) is 21.6 Å². The van der Waals surface area contributed by atoms with Gasteiger partial charge in [-0.1, -0.05) is 0 Å². The van der Waals surface area contributed by atoms with Crippen LogP contribution in [0.3, 0.4) is 0 Å². The van der Waals surface area contributed by atoms with E-state index in [-0.39, 0.29) is 11.4 Å². The Morgan fingerprint density at radius 2 is 1.83 bits per heavy atom. The first-order chi connectivity index (χ1) is 10.8. The standard InChI is InChI=1S/C14H16F3N3O2S/c15-14(16,17)11-4-6-13(7-5-11)23(21,22)20-8-2-1-3-12-9-18-10-19-12/h4-7,9-10,20H,1-3,8H2,(H,18,19). The molecule has 2 rings (SSSR count). The predicted octanol–water partition coefficient (Wildman–Crippen LogP) is 2.73. The van der Waals surface area contributed by atoms with Gasteiger partial charge in [0.15, 0.2) is 0 Å². The lowest BCUT2D eigenvalue weighted by Gasteiger charge is -2.09. The van der Waals surface area contributed by atoms with Gasteiger partial charge >= 0.3 is 6.18 Å². The highest BCUT2D eigenvalue weighted by atomic mass is 32.2. The third-order valence-corrected chi connectivity index (χ3v) is 4.69. The zero-order valence-corrected chi connectivity index (χ0v) is 12.9. The molecular weight excluding hydrogens is 331 g/mol. The molecule has 2 aromatic rings. The molecule has 0 saturated heterocycles. The van der Waals surface area contributed by atoms with Crippen LogP contribution in [0.15, 0.2) is 41.7 Å². The minimum atomic E-state index is -4.48. The molecule has 2 N–H and O–H groups in total. The van der Waals surface area contributed by atoms with Crippen LogP contribution in [0.5, 0.6) is 0 Å². The highest BCUT2D eigenvalue weighted by Crippen LogP contribution is 2.29. The highest BCUT2D eigenvalue weighted by molar-refractivity contribution is 7.89. The molecule has 0 aliphatic carbocycles. The summed E-state index contributed by atoms with van der Waals surface area (Å²) in [6.07, 6.45) is 0.913. The maximum Gasteiger partial charge on any atom is 0.416 e. The average molecular weight is 347 g/mol. The van der Waals surface area contributed by atoms with Crippen LogP contribution in [-0.2, 0) is 22.6 Å². The normalized spacial score (nSPS) is 12.5. The summed E-state index contributed by atoms with van der Waals surface area (Å²) in [5, 5.41) is 0. The molecule has 0 aliphatic rings. The number of halogens is 3. The lowest BCUT2D eigenvalue weighted by atomic mass is 10.2. The molecule has 0 radical (unpaired) electrons. The molecule has 0 amide bonds. The van der Waals surface area contributed by atoms with Gasteiger partial charge in [-0.3, -0.25) is 0 Å². The number of unbranched alkanes of at least 4 members (excludes halogenated alkanes) is 1. The van der Waals surface area contributed by atoms with E-state index >= 15 is 0 Å². The van der Waals surface area contributed by atoms with E-state index in [1.54, 1.807) is 12.5 Å². The van der Waals surface area contributed by atoms with E-state index in [1.165, 1.54) is 0 Å². The molecule has 9 heteroatoms. The van der Waals surface area contributed by atoms with E-state index in [4.69, 9.17) is 0 Å². The van der Waals surface area contributed by atoms with Crippen LogP contribution in [0.4, 0.5) is 13.2 Å². The van der Waals surface area contributed by atoms with Gasteiger partial charge < -0.3 is 4.98 Å². The summed E-state index contributed by atoms with van der Waals surface area (Å²) in [7, 11) is -3.79. The second kappa shape index (κ2) is 7.14. The van der Waals surface area contributed by atoms with Crippen LogP contribution in [0, 0.1) is 0 Å². The summed E-state index contributed by atoms with van der Waals surface area (Å²) >= 11 is 0. The largest absolute Gasteiger partial charge is 0.416 e. The van der Waals surface area contributed by atoms with E-state index in [0.29, 0.717) is 6.42 Å². The molecule has 126 valence electrons. The summed E-state index contributed by atoms with van der Waals surface area (Å²) in [5.41, 5.74) is 0.0894. The van der Waals surface area contributed by atoms with Crippen molar-refractivity contribution in [2.24, 2.45) is 0 Å². The van der Waals surface area contributed by atoms with Crippen LogP contribution in [0.25, 0.3) is 0 Å². The maximum absolute atomic E-state index is 12.4. The number of aromatic nitrogens is 2. The summed E-state index contributed by atoms with van der Waals surface area (Å²) in [5.74, 6) is 0. The van der Waals surface area contributed by atoms with Crippen LogP contribution < -0.4 is 4.72 Å². The molecule has 23 heavy (non-hydrogen) atoms. The van der Waals surface area contributed by atoms with Crippen molar-refractivity contribution in [2.75, 3.05) is 6.54 Å². The number of aryl methyl sites for hydroxylation is 1. The first-order valence-electron chi connectivity index (χ1n) is 6.93. The van der Waals surface area contributed by atoms with Gasteiger partial charge in [-0.2, -0.15) is 13.2 Å². The minimum absolute atomic E-state index is 0.181. The number of hydrogen-bond acceptors (Lipinski definition) is 3. The third kappa shape index (κ3) is 5.07. The second-order valence-electron chi connectivity index (χ2n) is 4.95. The van der Waals surface area contributed by atoms with Crippen molar-refractivity contribution in [2.45, 2.75) is 30.3 Å². The van der Waals surface area contributed by atoms with Crippen molar-refractivity contribution in [3.63, 3.8) is 0 Å². The number of rotatable bonds is 7. The van der Waals surface area contributed by atoms with Gasteiger partial charge in [0, 0.05) is 18.4 Å². The van der Waals surface area contributed by atoms with Crippen molar-refractivity contribution >= 4 is 10.0 Å². The number of sulfonamides is 1. The number of H-pyrrole nitrogens is 1. The van der Waals surface area contributed by atoms with E-state index in [1.807, 2.05) is 0 Å². The highest BCUT2D eigenvalue weighted by Gasteiger charge is 2.30. The summed E-state index contributed by atoms with van der Waals surface area (Å²) in [6, 6.07) is 3.42. The van der Waals surface area contributed by atoms with Gasteiger partial charge in [-0.15, -0.1) is 0 Å². The topological polar surface area (TPSA) is 74.8 Å². The number of hydrogen-bond donors (Lipinski definition) is 2. The maximum atomic E-state index is 12.4. The Kier molecular flexibility index (Phi) is 5.42. The van der Waals surface area contributed by atoms with Gasteiger partial charge in [0.05, 0.1) is 16.8 Å². The lowest BCUT2D eigenvalue weighted by Crippen LogP contribution is -2.25. The molecule has 0 saturated carbocycles. The van der Waals surface area contributed by atoms with E-state index in [2.05, 4.69) is 14.7 Å². The Labute approximate surface area is 132 Å². The summed E-state index contributed by atoms with van der Waals surface area (Å²) < 4.78 is 63.7. The first-order valence-corrected chi connectivity index (χ1v) is 8.41. The fraction of sp³-hybridized carbons (Fsp3) is 0.357. The molecule has 1 heterocycles. The quantitative estimate of drug-likeness (QED) is 0.756. The van der Waals surface area contributed by atoms with Crippen LogP contribution in [0.1, 0.15) is 24.1 Å². The Bertz CT molecular complexity index is 711. The van der Waals surface area contributed by atoms with Gasteiger partial charge in [-0.05, 0) is 43.5 Å². The van der Waals surface area contributed by atoms with Crippen molar-refractivity contribution in [1.82, 2.24) is 14.7 Å². The predicted molar refractivity (Wildman–Crippen MR) is 78.2 cm³/mol. The zero-order chi connectivity index (χ0) is 16.9. The third-order valence-electron chi connectivity index (χ3n) is 3.21. The number of alkyl halides is 3. The molecular formula is C14H16F3N3O2S. The van der Waals surface area contributed by atoms with Crippen LogP contribution >= 0.6 is 0 Å². The van der Waals surface area contributed by atoms with Crippen LogP contribution in [-0.4, -0.2) is 24.9 Å². The van der Waals surface area contributed by atoms with Crippen molar-refractivity contribution < 1.29 is 21.6 Å². The summed E-state index contributed by atoms with van der Waals surface area (Å²) in [6.45, 7) is 0.220. The van der Waals surface area contributed by atoms with Crippen LogP contribution in [0.2, 0.25) is 0 Å². The van der Waals surface area contributed by atoms with Crippen molar-refractivity contribution in [1.29, 1.82) is 0 Å². The van der Waals surface area contributed by atoms with Gasteiger partial charge in [0.2, 0.25) is 10.0 Å². The minimum Gasteiger partial charge on any atom is -0.348 e. The first kappa shape index (κ1) is 17.5. The Hall–Kier alpha value is -1.87. The van der Waals surface area contributed by atoms with Crippen molar-refractivity contribution in [3.8, 4) is 0 Å². The summed E-state index contributed by atoms with van der Waals surface area (Å²) in [4.78, 5) is 6.64. The molecule has 5 nitrogen and oxygen atoms in total. The van der Waals surface area contributed by atoms with E-state index < -0.39 is 21.8 Å². The van der Waals surface area contributed by atoms with E-state index in [0.717, 1.165) is 42.8 Å². The lowest BCUT2D eigenvalue weighted by molar-refractivity contribution is -0.137. The monoisotopic (exact) mass is 347 g/mol. The van der Waals surface area contributed by atoms with Crippen molar-refractivity contribution in [3.05, 3.63) is 48.0 Å². The Morgan fingerprint density at radius 1 is 1.13 bits per heavy atom. The SMILES string of the molecule is O=S(=O)(NCCCCc1cnc[nH]1)c1ccc(C(F)(F)F)cc1. The Morgan fingerprint density at radius 3 is 2.39 bits per heavy atom. The molecule has 0 bridgehead atoms. The number of imidazole rings is 1. The fourth-order valence-electron chi connectivity index (χ4n) is 1.97. The molecule has 0 spiro atoms. The number of aromatic amines is 1. The van der Waals surface area contributed by atoms with Gasteiger partial charge in [-0.25, -0.2) is 18.1 Å². The molecule has 0 fully saturated rings. The molecule has 1 aromatic heterocycles.